The molecule has 2 N–H and O–H groups in total. The van der Waals surface area contributed by atoms with Crippen LogP contribution < -0.4 is 5.73 Å². The van der Waals surface area contributed by atoms with Crippen LogP contribution in [0.3, 0.4) is 0 Å². The van der Waals surface area contributed by atoms with Gasteiger partial charge >= 0.3 is 0 Å². The van der Waals surface area contributed by atoms with Crippen molar-refractivity contribution in [3.63, 3.8) is 0 Å². The Labute approximate surface area is 117 Å². The van der Waals surface area contributed by atoms with Gasteiger partial charge < -0.3 is 5.73 Å². The molecule has 3 aromatic carbocycles. The van der Waals surface area contributed by atoms with Crippen LogP contribution in [0.15, 0.2) is 66.7 Å². The molecule has 20 heavy (non-hydrogen) atoms. The lowest BCUT2D eigenvalue weighted by atomic mass is 9.95. The van der Waals surface area contributed by atoms with Gasteiger partial charge in [0.2, 0.25) is 0 Å². The van der Waals surface area contributed by atoms with Crippen LogP contribution in [0, 0.1) is 5.82 Å². The number of hydrogen-bond acceptors (Lipinski definition) is 1. The topological polar surface area (TPSA) is 26.0 Å². The first-order valence-corrected chi connectivity index (χ1v) is 6.72. The molecule has 3 rings (SSSR count). The van der Waals surface area contributed by atoms with Crippen LogP contribution in [0.4, 0.5) is 4.39 Å². The van der Waals surface area contributed by atoms with Gasteiger partial charge in [-0.15, -0.1) is 0 Å². The molecule has 1 nitrogen and oxygen atoms in total. The van der Waals surface area contributed by atoms with Crippen molar-refractivity contribution in [2.45, 2.75) is 12.5 Å². The highest BCUT2D eigenvalue weighted by molar-refractivity contribution is 5.85. The van der Waals surface area contributed by atoms with Crippen LogP contribution in [0.2, 0.25) is 0 Å². The molecule has 2 heteroatoms. The summed E-state index contributed by atoms with van der Waals surface area (Å²) in [5.41, 5.74) is 8.25. The molecule has 0 saturated heterocycles. The van der Waals surface area contributed by atoms with E-state index in [0.29, 0.717) is 6.42 Å². The van der Waals surface area contributed by atoms with Crippen molar-refractivity contribution >= 4 is 10.8 Å². The van der Waals surface area contributed by atoms with Gasteiger partial charge in [-0.25, -0.2) is 4.39 Å². The van der Waals surface area contributed by atoms with Crippen molar-refractivity contribution < 1.29 is 4.39 Å². The van der Waals surface area contributed by atoms with Crippen molar-refractivity contribution in [1.29, 1.82) is 0 Å². The monoisotopic (exact) mass is 265 g/mol. The Hall–Kier alpha value is -2.19. The minimum Gasteiger partial charge on any atom is -0.324 e. The molecule has 0 amide bonds. The smallest absolute Gasteiger partial charge is 0.123 e. The predicted octanol–water partition coefficient (Wildman–Crippen LogP) is 4.22. The molecule has 0 radical (unpaired) electrons. The predicted molar refractivity (Wildman–Crippen MR) is 81.0 cm³/mol. The van der Waals surface area contributed by atoms with E-state index in [1.165, 1.54) is 28.5 Å². The molecular weight excluding hydrogens is 249 g/mol. The Kier molecular flexibility index (Phi) is 3.48. The summed E-state index contributed by atoms with van der Waals surface area (Å²) in [6, 6.07) is 20.8. The summed E-state index contributed by atoms with van der Waals surface area (Å²) >= 11 is 0. The molecule has 0 bridgehead atoms. The average molecular weight is 265 g/mol. The third kappa shape index (κ3) is 2.56. The van der Waals surface area contributed by atoms with E-state index in [1.54, 1.807) is 6.07 Å². The van der Waals surface area contributed by atoms with Gasteiger partial charge in [-0.2, -0.15) is 0 Å². The standard InChI is InChI=1S/C18H16FN/c19-16-9-4-8-15(11-16)18(20)12-14-7-3-6-13-5-1-2-10-17(13)14/h1-11,18H,12,20H2. The van der Waals surface area contributed by atoms with E-state index in [4.69, 9.17) is 5.73 Å². The van der Waals surface area contributed by atoms with Gasteiger partial charge in [0.05, 0.1) is 0 Å². The van der Waals surface area contributed by atoms with E-state index in [9.17, 15) is 4.39 Å². The maximum atomic E-state index is 13.3. The number of rotatable bonds is 3. The second kappa shape index (κ2) is 5.43. The fourth-order valence-electron chi connectivity index (χ4n) is 2.56. The first kappa shape index (κ1) is 12.8. The van der Waals surface area contributed by atoms with Crippen LogP contribution in [0.1, 0.15) is 17.2 Å². The SMILES string of the molecule is NC(Cc1cccc2ccccc12)c1cccc(F)c1. The molecule has 0 saturated carbocycles. The number of benzene rings is 3. The highest BCUT2D eigenvalue weighted by Crippen LogP contribution is 2.23. The zero-order chi connectivity index (χ0) is 13.9. The van der Waals surface area contributed by atoms with Crippen molar-refractivity contribution in [2.24, 2.45) is 5.73 Å². The molecule has 1 atom stereocenters. The largest absolute Gasteiger partial charge is 0.324 e. The summed E-state index contributed by atoms with van der Waals surface area (Å²) < 4.78 is 13.3. The summed E-state index contributed by atoms with van der Waals surface area (Å²) in [6.45, 7) is 0. The first-order chi connectivity index (χ1) is 9.74. The molecule has 0 heterocycles. The third-order valence-electron chi connectivity index (χ3n) is 3.60. The number of fused-ring (bicyclic) bond motifs is 1. The molecule has 0 aliphatic rings. The molecule has 0 aliphatic carbocycles. The first-order valence-electron chi connectivity index (χ1n) is 6.72. The van der Waals surface area contributed by atoms with Crippen LogP contribution in [0.25, 0.3) is 10.8 Å². The Morgan fingerprint density at radius 1 is 0.900 bits per heavy atom. The van der Waals surface area contributed by atoms with Gasteiger partial charge in [0.1, 0.15) is 5.82 Å². The fourth-order valence-corrected chi connectivity index (χ4v) is 2.56. The lowest BCUT2D eigenvalue weighted by Gasteiger charge is -2.14. The molecule has 3 aromatic rings. The van der Waals surface area contributed by atoms with Crippen LogP contribution in [-0.4, -0.2) is 0 Å². The summed E-state index contributed by atoms with van der Waals surface area (Å²) in [6.07, 6.45) is 0.699. The van der Waals surface area contributed by atoms with Gasteiger partial charge in [-0.1, -0.05) is 54.6 Å². The van der Waals surface area contributed by atoms with Gasteiger partial charge in [0.25, 0.3) is 0 Å². The molecule has 0 fully saturated rings. The molecule has 0 aromatic heterocycles. The van der Waals surface area contributed by atoms with Gasteiger partial charge in [0.15, 0.2) is 0 Å². The summed E-state index contributed by atoms with van der Waals surface area (Å²) in [5, 5.41) is 2.42. The van der Waals surface area contributed by atoms with Crippen molar-refractivity contribution in [2.75, 3.05) is 0 Å². The minimum atomic E-state index is -0.240. The molecule has 100 valence electrons. The molecule has 0 spiro atoms. The van der Waals surface area contributed by atoms with Gasteiger partial charge in [-0.3, -0.25) is 0 Å². The maximum absolute atomic E-state index is 13.3. The fraction of sp³-hybridized carbons (Fsp3) is 0.111. The van der Waals surface area contributed by atoms with E-state index in [-0.39, 0.29) is 11.9 Å². The highest BCUT2D eigenvalue weighted by Gasteiger charge is 2.10. The maximum Gasteiger partial charge on any atom is 0.123 e. The molecule has 1 unspecified atom stereocenters. The van der Waals surface area contributed by atoms with E-state index >= 15 is 0 Å². The zero-order valence-corrected chi connectivity index (χ0v) is 11.1. The summed E-state index contributed by atoms with van der Waals surface area (Å²) in [5.74, 6) is -0.240. The van der Waals surface area contributed by atoms with Crippen molar-refractivity contribution in [1.82, 2.24) is 0 Å². The second-order valence-corrected chi connectivity index (χ2v) is 5.00. The zero-order valence-electron chi connectivity index (χ0n) is 11.1. The Morgan fingerprint density at radius 2 is 1.65 bits per heavy atom. The van der Waals surface area contributed by atoms with Gasteiger partial charge in [0, 0.05) is 6.04 Å². The second-order valence-electron chi connectivity index (χ2n) is 5.00. The minimum absolute atomic E-state index is 0.198. The summed E-state index contributed by atoms with van der Waals surface area (Å²) in [4.78, 5) is 0. The van der Waals surface area contributed by atoms with Crippen LogP contribution in [-0.2, 0) is 6.42 Å². The van der Waals surface area contributed by atoms with Crippen LogP contribution in [0.5, 0.6) is 0 Å². The highest BCUT2D eigenvalue weighted by atomic mass is 19.1. The number of hydrogen-bond donors (Lipinski definition) is 1. The summed E-state index contributed by atoms with van der Waals surface area (Å²) in [7, 11) is 0. The van der Waals surface area contributed by atoms with E-state index in [0.717, 1.165) is 5.56 Å². The van der Waals surface area contributed by atoms with E-state index in [2.05, 4.69) is 24.3 Å². The van der Waals surface area contributed by atoms with Gasteiger partial charge in [-0.05, 0) is 40.5 Å². The van der Waals surface area contributed by atoms with Crippen molar-refractivity contribution in [3.8, 4) is 0 Å². The Bertz CT molecular complexity index is 731. The molecular formula is C18H16FN. The number of nitrogens with two attached hydrogens (primary N) is 1. The Balaban J connectivity index is 1.93. The Morgan fingerprint density at radius 3 is 2.50 bits per heavy atom. The van der Waals surface area contributed by atoms with Crippen LogP contribution >= 0.6 is 0 Å². The van der Waals surface area contributed by atoms with E-state index in [1.807, 2.05) is 24.3 Å². The average Bonchev–Trinajstić information content (AvgIpc) is 2.47. The molecule has 0 aliphatic heterocycles. The number of halogens is 1. The normalized spacial score (nSPS) is 12.5. The lowest BCUT2D eigenvalue weighted by Crippen LogP contribution is -2.13. The van der Waals surface area contributed by atoms with Crippen molar-refractivity contribution in [3.05, 3.63) is 83.7 Å². The van der Waals surface area contributed by atoms with E-state index < -0.39 is 0 Å². The lowest BCUT2D eigenvalue weighted by molar-refractivity contribution is 0.619. The third-order valence-corrected chi connectivity index (χ3v) is 3.60. The quantitative estimate of drug-likeness (QED) is 0.753.